The zero-order chi connectivity index (χ0) is 22.3. The normalized spacial score (nSPS) is 14.2. The number of pyridine rings is 1. The number of hydrogen-bond acceptors (Lipinski definition) is 5. The molecule has 2 aromatic carbocycles. The van der Waals surface area contributed by atoms with Gasteiger partial charge in [0.25, 0.3) is 5.56 Å². The zero-order valence-corrected chi connectivity index (χ0v) is 17.9. The Balaban J connectivity index is 1.48. The van der Waals surface area contributed by atoms with Gasteiger partial charge < -0.3 is 13.9 Å². The zero-order valence-electron chi connectivity index (χ0n) is 17.9. The molecule has 0 spiro atoms. The molecule has 2 aromatic heterocycles. The van der Waals surface area contributed by atoms with Crippen LogP contribution < -0.4 is 15.0 Å². The van der Waals surface area contributed by atoms with Crippen LogP contribution in [0.1, 0.15) is 18.4 Å². The smallest absolute Gasteiger partial charge is 0.266 e. The van der Waals surface area contributed by atoms with Crippen LogP contribution in [0.3, 0.4) is 0 Å². The van der Waals surface area contributed by atoms with E-state index in [4.69, 9.17) is 13.9 Å². The molecular weight excluding hydrogens is 404 g/mol. The number of furan rings is 1. The maximum atomic E-state index is 13.2. The summed E-state index contributed by atoms with van der Waals surface area (Å²) in [6.07, 6.45) is 3.40. The molecule has 6 heteroatoms. The van der Waals surface area contributed by atoms with E-state index in [0.717, 1.165) is 24.0 Å². The quantitative estimate of drug-likeness (QED) is 0.421. The topological polar surface area (TPSA) is 77.4 Å². The lowest BCUT2D eigenvalue weighted by atomic mass is 10.1. The summed E-state index contributed by atoms with van der Waals surface area (Å²) < 4.78 is 18.8. The molecule has 5 rings (SSSR count). The fourth-order valence-corrected chi connectivity index (χ4v) is 3.68. The third kappa shape index (κ3) is 3.52. The monoisotopic (exact) mass is 426 g/mol. The van der Waals surface area contributed by atoms with Crippen molar-refractivity contribution in [3.8, 4) is 34.6 Å². The standard InChI is InChI=1S/C26H22N2O4/c1-17-3-5-18(6-4-17)23-14-20-21(32-23)9-12-28(25(20)29)19-7-8-22(24(13-19)30-2)31-16-26(15-27)10-11-26/h3-9,12-14H,10-11,16H2,1-2H3. The summed E-state index contributed by atoms with van der Waals surface area (Å²) >= 11 is 0. The van der Waals surface area contributed by atoms with Crippen molar-refractivity contribution in [2.24, 2.45) is 5.41 Å². The van der Waals surface area contributed by atoms with E-state index in [-0.39, 0.29) is 11.0 Å². The molecule has 160 valence electrons. The number of benzene rings is 2. The molecule has 0 atom stereocenters. The van der Waals surface area contributed by atoms with Gasteiger partial charge in [0.05, 0.1) is 29.7 Å². The third-order valence-corrected chi connectivity index (χ3v) is 5.94. The van der Waals surface area contributed by atoms with Crippen LogP contribution in [0.5, 0.6) is 11.5 Å². The molecule has 0 radical (unpaired) electrons. The molecule has 6 nitrogen and oxygen atoms in total. The van der Waals surface area contributed by atoms with Gasteiger partial charge in [0.2, 0.25) is 0 Å². The summed E-state index contributed by atoms with van der Waals surface area (Å²) in [6, 6.07) is 19.2. The maximum Gasteiger partial charge on any atom is 0.266 e. The number of aryl methyl sites for hydroxylation is 1. The van der Waals surface area contributed by atoms with Crippen molar-refractivity contribution in [2.75, 3.05) is 13.7 Å². The van der Waals surface area contributed by atoms with Crippen LogP contribution in [0.15, 0.2) is 70.0 Å². The lowest BCUT2D eigenvalue weighted by Crippen LogP contribution is -2.17. The van der Waals surface area contributed by atoms with Gasteiger partial charge in [-0.25, -0.2) is 0 Å². The summed E-state index contributed by atoms with van der Waals surface area (Å²) in [5, 5.41) is 9.76. The average Bonchev–Trinajstić information content (AvgIpc) is 3.47. The fraction of sp³-hybridized carbons (Fsp3) is 0.231. The highest BCUT2D eigenvalue weighted by atomic mass is 16.5. The molecule has 1 aliphatic carbocycles. The van der Waals surface area contributed by atoms with Gasteiger partial charge in [-0.3, -0.25) is 9.36 Å². The number of nitriles is 1. The molecule has 0 aliphatic heterocycles. The molecule has 0 bridgehead atoms. The van der Waals surface area contributed by atoms with Crippen molar-refractivity contribution in [2.45, 2.75) is 19.8 Å². The van der Waals surface area contributed by atoms with Crippen LogP contribution in [-0.2, 0) is 0 Å². The molecular formula is C26H22N2O4. The molecule has 2 heterocycles. The number of methoxy groups -OCH3 is 1. The van der Waals surface area contributed by atoms with Crippen LogP contribution in [0, 0.1) is 23.7 Å². The van der Waals surface area contributed by atoms with Crippen molar-refractivity contribution >= 4 is 11.0 Å². The van der Waals surface area contributed by atoms with Crippen LogP contribution in [0.25, 0.3) is 28.0 Å². The molecule has 0 N–H and O–H groups in total. The maximum absolute atomic E-state index is 13.2. The first-order valence-electron chi connectivity index (χ1n) is 10.5. The lowest BCUT2D eigenvalue weighted by Gasteiger charge is -2.14. The Bertz CT molecular complexity index is 1400. The Hall–Kier alpha value is -3.98. The molecule has 1 aliphatic rings. The lowest BCUT2D eigenvalue weighted by molar-refractivity contribution is 0.255. The summed E-state index contributed by atoms with van der Waals surface area (Å²) in [4.78, 5) is 13.2. The Morgan fingerprint density at radius 1 is 1.09 bits per heavy atom. The highest BCUT2D eigenvalue weighted by Crippen LogP contribution is 2.45. The van der Waals surface area contributed by atoms with Crippen molar-refractivity contribution in [1.82, 2.24) is 4.57 Å². The van der Waals surface area contributed by atoms with E-state index in [2.05, 4.69) is 6.07 Å². The SMILES string of the molecule is COc1cc(-n2ccc3oc(-c4ccc(C)cc4)cc3c2=O)ccc1OCC1(C#N)CC1. The van der Waals surface area contributed by atoms with Crippen molar-refractivity contribution in [1.29, 1.82) is 5.26 Å². The third-order valence-electron chi connectivity index (χ3n) is 5.94. The van der Waals surface area contributed by atoms with Gasteiger partial charge in [0.1, 0.15) is 18.0 Å². The van der Waals surface area contributed by atoms with Gasteiger partial charge in [-0.1, -0.05) is 29.8 Å². The van der Waals surface area contributed by atoms with Gasteiger partial charge in [0, 0.05) is 17.8 Å². The number of ether oxygens (including phenoxy) is 2. The highest BCUT2D eigenvalue weighted by Gasteiger charge is 2.44. The summed E-state index contributed by atoms with van der Waals surface area (Å²) in [5.74, 6) is 1.72. The Kier molecular flexibility index (Phi) is 4.75. The molecule has 0 unspecified atom stereocenters. The number of fused-ring (bicyclic) bond motifs is 1. The molecule has 1 saturated carbocycles. The molecule has 1 fully saturated rings. The van der Waals surface area contributed by atoms with E-state index in [1.165, 1.54) is 0 Å². The number of rotatable bonds is 6. The molecule has 4 aromatic rings. The summed E-state index contributed by atoms with van der Waals surface area (Å²) in [6.45, 7) is 2.36. The average molecular weight is 426 g/mol. The van der Waals surface area contributed by atoms with Gasteiger partial charge >= 0.3 is 0 Å². The number of nitrogens with zero attached hydrogens (tertiary/aromatic N) is 2. The largest absolute Gasteiger partial charge is 0.493 e. The predicted octanol–water partition coefficient (Wildman–Crippen LogP) is 5.25. The van der Waals surface area contributed by atoms with E-state index in [1.807, 2.05) is 31.2 Å². The Labute approximate surface area is 185 Å². The second-order valence-corrected chi connectivity index (χ2v) is 8.26. The van der Waals surface area contributed by atoms with Crippen molar-refractivity contribution < 1.29 is 13.9 Å². The van der Waals surface area contributed by atoms with Gasteiger partial charge in [-0.15, -0.1) is 0 Å². The number of hydrogen-bond donors (Lipinski definition) is 0. The van der Waals surface area contributed by atoms with Crippen LogP contribution in [-0.4, -0.2) is 18.3 Å². The Morgan fingerprint density at radius 2 is 1.88 bits per heavy atom. The Morgan fingerprint density at radius 3 is 2.56 bits per heavy atom. The fourth-order valence-electron chi connectivity index (χ4n) is 3.68. The van der Waals surface area contributed by atoms with Crippen molar-refractivity contribution in [3.63, 3.8) is 0 Å². The second-order valence-electron chi connectivity index (χ2n) is 8.26. The van der Waals surface area contributed by atoms with Gasteiger partial charge in [0.15, 0.2) is 11.5 Å². The minimum Gasteiger partial charge on any atom is -0.493 e. The van der Waals surface area contributed by atoms with Crippen LogP contribution in [0.4, 0.5) is 0 Å². The minimum absolute atomic E-state index is 0.179. The van der Waals surface area contributed by atoms with E-state index in [1.54, 1.807) is 48.2 Å². The summed E-state index contributed by atoms with van der Waals surface area (Å²) in [7, 11) is 1.55. The first-order chi connectivity index (χ1) is 15.5. The van der Waals surface area contributed by atoms with E-state index >= 15 is 0 Å². The van der Waals surface area contributed by atoms with E-state index in [0.29, 0.717) is 40.5 Å². The molecule has 0 saturated heterocycles. The van der Waals surface area contributed by atoms with E-state index in [9.17, 15) is 10.1 Å². The predicted molar refractivity (Wildman–Crippen MR) is 121 cm³/mol. The summed E-state index contributed by atoms with van der Waals surface area (Å²) in [5.41, 5.74) is 2.73. The first-order valence-corrected chi connectivity index (χ1v) is 10.5. The highest BCUT2D eigenvalue weighted by molar-refractivity contribution is 5.82. The van der Waals surface area contributed by atoms with Crippen LogP contribution in [0.2, 0.25) is 0 Å². The first kappa shape index (κ1) is 20.0. The van der Waals surface area contributed by atoms with Gasteiger partial charge in [-0.2, -0.15) is 5.26 Å². The van der Waals surface area contributed by atoms with Gasteiger partial charge in [-0.05, 0) is 44.0 Å². The number of aromatic nitrogens is 1. The molecule has 32 heavy (non-hydrogen) atoms. The van der Waals surface area contributed by atoms with E-state index < -0.39 is 0 Å². The minimum atomic E-state index is -0.373. The molecule has 0 amide bonds. The van der Waals surface area contributed by atoms with Crippen molar-refractivity contribution in [3.05, 3.63) is 76.7 Å². The second kappa shape index (κ2) is 7.61. The van der Waals surface area contributed by atoms with Crippen LogP contribution >= 0.6 is 0 Å².